The van der Waals surface area contributed by atoms with E-state index in [1.165, 1.54) is 6.07 Å². The Morgan fingerprint density at radius 1 is 1.21 bits per heavy atom. The lowest BCUT2D eigenvalue weighted by Crippen LogP contribution is -2.46. The van der Waals surface area contributed by atoms with E-state index in [2.05, 4.69) is 11.5 Å². The van der Waals surface area contributed by atoms with Gasteiger partial charge in [-0.1, -0.05) is 6.08 Å². The number of piperidine rings is 1. The van der Waals surface area contributed by atoms with Crippen LogP contribution < -0.4 is 9.64 Å². The van der Waals surface area contributed by atoms with E-state index in [0.717, 1.165) is 43.7 Å². The monoisotopic (exact) mass is 380 g/mol. The van der Waals surface area contributed by atoms with Crippen molar-refractivity contribution < 1.29 is 13.9 Å². The second kappa shape index (κ2) is 7.40. The predicted octanol–water partition coefficient (Wildman–Crippen LogP) is 4.01. The van der Waals surface area contributed by atoms with Gasteiger partial charge in [0, 0.05) is 29.8 Å². The molecule has 28 heavy (non-hydrogen) atoms. The molecule has 1 fully saturated rings. The van der Waals surface area contributed by atoms with Crippen molar-refractivity contribution in [2.75, 3.05) is 38.2 Å². The number of amides is 1. The minimum Gasteiger partial charge on any atom is -0.497 e. The van der Waals surface area contributed by atoms with Gasteiger partial charge in [-0.2, -0.15) is 0 Å². The third-order valence-electron chi connectivity index (χ3n) is 6.06. The van der Waals surface area contributed by atoms with Crippen LogP contribution in [0, 0.1) is 5.82 Å². The number of hydrogen-bond acceptors (Lipinski definition) is 3. The molecule has 0 bridgehead atoms. The maximum atomic E-state index is 14.1. The number of rotatable bonds is 4. The highest BCUT2D eigenvalue weighted by Crippen LogP contribution is 2.47. The fourth-order valence-corrected chi connectivity index (χ4v) is 4.49. The van der Waals surface area contributed by atoms with Crippen molar-refractivity contribution in [1.82, 2.24) is 4.90 Å². The average Bonchev–Trinajstić information content (AvgIpc) is 3.03. The normalized spacial score (nSPS) is 18.1. The van der Waals surface area contributed by atoms with Gasteiger partial charge >= 0.3 is 0 Å². The van der Waals surface area contributed by atoms with Crippen LogP contribution in [0.15, 0.2) is 55.1 Å². The summed E-state index contributed by atoms with van der Waals surface area (Å²) in [7, 11) is 1.60. The first-order valence-corrected chi connectivity index (χ1v) is 9.65. The number of anilines is 1. The van der Waals surface area contributed by atoms with Gasteiger partial charge in [0.1, 0.15) is 11.6 Å². The van der Waals surface area contributed by atoms with Crippen LogP contribution in [-0.2, 0) is 5.41 Å². The molecule has 0 aromatic heterocycles. The number of ether oxygens (including phenoxy) is 1. The molecular weight excluding hydrogens is 355 g/mol. The Kier molecular flexibility index (Phi) is 4.94. The number of benzene rings is 2. The van der Waals surface area contributed by atoms with E-state index < -0.39 is 0 Å². The molecule has 0 N–H and O–H groups in total. The topological polar surface area (TPSA) is 32.8 Å². The highest BCUT2D eigenvalue weighted by molar-refractivity contribution is 6.07. The summed E-state index contributed by atoms with van der Waals surface area (Å²) in [5.41, 5.74) is 2.22. The molecule has 0 unspecified atom stereocenters. The van der Waals surface area contributed by atoms with Crippen molar-refractivity contribution in [3.8, 4) is 5.75 Å². The molecule has 1 spiro atoms. The number of carbonyl (C=O) groups is 1. The molecule has 0 radical (unpaired) electrons. The van der Waals surface area contributed by atoms with Crippen molar-refractivity contribution in [2.45, 2.75) is 18.3 Å². The lowest BCUT2D eigenvalue weighted by molar-refractivity contribution is 0.0977. The summed E-state index contributed by atoms with van der Waals surface area (Å²) in [4.78, 5) is 17.4. The van der Waals surface area contributed by atoms with Crippen molar-refractivity contribution in [3.05, 3.63) is 72.1 Å². The molecule has 0 saturated carbocycles. The van der Waals surface area contributed by atoms with Gasteiger partial charge in [0.15, 0.2) is 0 Å². The number of halogens is 1. The van der Waals surface area contributed by atoms with Crippen LogP contribution >= 0.6 is 0 Å². The Morgan fingerprint density at radius 2 is 1.93 bits per heavy atom. The van der Waals surface area contributed by atoms with E-state index in [1.54, 1.807) is 43.5 Å². The summed E-state index contributed by atoms with van der Waals surface area (Å²) in [5, 5.41) is 0. The standard InChI is InChI=1S/C23H25FN2O2/c1-3-12-25-13-10-23(11-14-25)16-26(21-9-6-18(24)15-20(21)23)22(27)17-4-7-19(28-2)8-5-17/h3-9,15H,1,10-14,16H2,2H3. The van der Waals surface area contributed by atoms with Gasteiger partial charge in [0.05, 0.1) is 7.11 Å². The summed E-state index contributed by atoms with van der Waals surface area (Å²) < 4.78 is 19.3. The Morgan fingerprint density at radius 3 is 2.57 bits per heavy atom. The first-order valence-electron chi connectivity index (χ1n) is 9.65. The zero-order valence-electron chi connectivity index (χ0n) is 16.2. The molecule has 2 heterocycles. The second-order valence-corrected chi connectivity index (χ2v) is 7.65. The largest absolute Gasteiger partial charge is 0.497 e. The van der Waals surface area contributed by atoms with Gasteiger partial charge in [-0.05, 0) is 74.0 Å². The number of hydrogen-bond donors (Lipinski definition) is 0. The number of methoxy groups -OCH3 is 1. The fourth-order valence-electron chi connectivity index (χ4n) is 4.49. The molecule has 2 aromatic carbocycles. The summed E-state index contributed by atoms with van der Waals surface area (Å²) in [6, 6.07) is 12.0. The number of likely N-dealkylation sites (tertiary alicyclic amines) is 1. The number of carbonyl (C=O) groups excluding carboxylic acids is 1. The Labute approximate surface area is 165 Å². The number of fused-ring (bicyclic) bond motifs is 2. The zero-order valence-corrected chi connectivity index (χ0v) is 16.2. The molecule has 0 atom stereocenters. The second-order valence-electron chi connectivity index (χ2n) is 7.65. The lowest BCUT2D eigenvalue weighted by atomic mass is 9.74. The first-order chi connectivity index (χ1) is 13.6. The van der Waals surface area contributed by atoms with Gasteiger partial charge in [-0.15, -0.1) is 6.58 Å². The smallest absolute Gasteiger partial charge is 0.258 e. The SMILES string of the molecule is C=CCN1CCC2(CC1)CN(C(=O)c1ccc(OC)cc1)c1ccc(F)cc12. The van der Waals surface area contributed by atoms with Crippen molar-refractivity contribution in [1.29, 1.82) is 0 Å². The van der Waals surface area contributed by atoms with Crippen molar-refractivity contribution in [2.24, 2.45) is 0 Å². The first kappa shape index (κ1) is 18.7. The Hall–Kier alpha value is -2.66. The molecule has 4 rings (SSSR count). The Bertz CT molecular complexity index is 886. The van der Waals surface area contributed by atoms with Gasteiger partial charge < -0.3 is 9.64 Å². The average molecular weight is 380 g/mol. The van der Waals surface area contributed by atoms with Crippen LogP contribution in [0.25, 0.3) is 0 Å². The molecule has 146 valence electrons. The van der Waals surface area contributed by atoms with Crippen LogP contribution in [0.2, 0.25) is 0 Å². The highest BCUT2D eigenvalue weighted by Gasteiger charge is 2.46. The van der Waals surface area contributed by atoms with Crippen molar-refractivity contribution in [3.63, 3.8) is 0 Å². The van der Waals surface area contributed by atoms with Gasteiger partial charge in [0.25, 0.3) is 5.91 Å². The maximum absolute atomic E-state index is 14.1. The van der Waals surface area contributed by atoms with Gasteiger partial charge in [0.2, 0.25) is 0 Å². The zero-order chi connectivity index (χ0) is 19.7. The summed E-state index contributed by atoms with van der Waals surface area (Å²) in [6.45, 7) is 7.12. The van der Waals surface area contributed by atoms with E-state index in [4.69, 9.17) is 4.74 Å². The third-order valence-corrected chi connectivity index (χ3v) is 6.06. The van der Waals surface area contributed by atoms with Crippen LogP contribution in [0.1, 0.15) is 28.8 Å². The van der Waals surface area contributed by atoms with E-state index in [9.17, 15) is 9.18 Å². The van der Waals surface area contributed by atoms with Crippen LogP contribution in [0.3, 0.4) is 0 Å². The minimum atomic E-state index is -0.245. The van der Waals surface area contributed by atoms with E-state index in [-0.39, 0.29) is 17.1 Å². The molecule has 2 aliphatic rings. The summed E-state index contributed by atoms with van der Waals surface area (Å²) in [6.07, 6.45) is 3.73. The quantitative estimate of drug-likeness (QED) is 0.752. The molecule has 1 saturated heterocycles. The van der Waals surface area contributed by atoms with E-state index in [1.807, 2.05) is 11.0 Å². The summed E-state index contributed by atoms with van der Waals surface area (Å²) >= 11 is 0. The van der Waals surface area contributed by atoms with E-state index >= 15 is 0 Å². The molecule has 0 aliphatic carbocycles. The predicted molar refractivity (Wildman–Crippen MR) is 109 cm³/mol. The van der Waals surface area contributed by atoms with Crippen LogP contribution in [-0.4, -0.2) is 44.1 Å². The van der Waals surface area contributed by atoms with Crippen molar-refractivity contribution >= 4 is 11.6 Å². The molecular formula is C23H25FN2O2. The molecule has 1 amide bonds. The maximum Gasteiger partial charge on any atom is 0.258 e. The molecule has 2 aromatic rings. The van der Waals surface area contributed by atoms with E-state index in [0.29, 0.717) is 17.9 Å². The van der Waals surface area contributed by atoms with Gasteiger partial charge in [-0.25, -0.2) is 4.39 Å². The van der Waals surface area contributed by atoms with Crippen LogP contribution in [0.5, 0.6) is 5.75 Å². The van der Waals surface area contributed by atoms with Crippen LogP contribution in [0.4, 0.5) is 10.1 Å². The molecule has 4 nitrogen and oxygen atoms in total. The Balaban J connectivity index is 1.65. The third kappa shape index (κ3) is 3.20. The lowest BCUT2D eigenvalue weighted by Gasteiger charge is -2.39. The summed E-state index contributed by atoms with van der Waals surface area (Å²) in [5.74, 6) is 0.415. The highest BCUT2D eigenvalue weighted by atomic mass is 19.1. The number of nitrogens with zero attached hydrogens (tertiary/aromatic N) is 2. The molecule has 5 heteroatoms. The molecule has 2 aliphatic heterocycles. The fraction of sp³-hybridized carbons (Fsp3) is 0.348. The van der Waals surface area contributed by atoms with Gasteiger partial charge in [-0.3, -0.25) is 9.69 Å². The minimum absolute atomic E-state index is 0.0547.